The standard InChI is InChI=1S/C20H13F3N2O/c1-13-11-15(6-5-14(13)7-9-20(21,22)23)19(26)25-18-4-2-3-16-12-24-10-8-17(16)18/h2-6,8,10-12H,1H3,(H,25,26). The van der Waals surface area contributed by atoms with Crippen LogP contribution in [0.1, 0.15) is 21.5 Å². The minimum atomic E-state index is -4.55. The number of nitrogens with one attached hydrogen (secondary N) is 1. The summed E-state index contributed by atoms with van der Waals surface area (Å²) in [6.45, 7) is 1.61. The molecule has 3 rings (SSSR count). The van der Waals surface area contributed by atoms with Crippen molar-refractivity contribution in [3.05, 3.63) is 71.5 Å². The fourth-order valence-corrected chi connectivity index (χ4v) is 2.51. The summed E-state index contributed by atoms with van der Waals surface area (Å²) in [5.74, 6) is 2.96. The Morgan fingerprint density at radius 2 is 1.96 bits per heavy atom. The summed E-state index contributed by atoms with van der Waals surface area (Å²) in [7, 11) is 0. The van der Waals surface area contributed by atoms with Gasteiger partial charge in [-0.2, -0.15) is 13.2 Å². The molecule has 1 amide bonds. The SMILES string of the molecule is Cc1cc(C(=O)Nc2cccc3cnccc23)ccc1C#CC(F)(F)F. The largest absolute Gasteiger partial charge is 0.458 e. The number of benzene rings is 2. The van der Waals surface area contributed by atoms with Crippen LogP contribution in [-0.4, -0.2) is 17.1 Å². The number of pyridine rings is 1. The number of alkyl halides is 3. The molecular formula is C20H13F3N2O. The van der Waals surface area contributed by atoms with Crippen molar-refractivity contribution in [2.45, 2.75) is 13.1 Å². The molecule has 0 aliphatic rings. The molecule has 1 N–H and O–H groups in total. The fourth-order valence-electron chi connectivity index (χ4n) is 2.51. The third kappa shape index (κ3) is 4.01. The summed E-state index contributed by atoms with van der Waals surface area (Å²) in [4.78, 5) is 16.5. The monoisotopic (exact) mass is 354 g/mol. The number of nitrogens with zero attached hydrogens (tertiary/aromatic N) is 1. The van der Waals surface area contributed by atoms with Crippen molar-refractivity contribution in [1.82, 2.24) is 4.98 Å². The summed E-state index contributed by atoms with van der Waals surface area (Å²) < 4.78 is 36.6. The zero-order valence-corrected chi connectivity index (χ0v) is 13.7. The molecule has 3 nitrogen and oxygen atoms in total. The molecule has 3 aromatic rings. The summed E-state index contributed by atoms with van der Waals surface area (Å²) in [5.41, 5.74) is 1.70. The minimum absolute atomic E-state index is 0.232. The van der Waals surface area contributed by atoms with Gasteiger partial charge in [-0.25, -0.2) is 0 Å². The second kappa shape index (κ2) is 6.89. The average Bonchev–Trinajstić information content (AvgIpc) is 2.60. The highest BCUT2D eigenvalue weighted by Gasteiger charge is 2.23. The number of halogens is 3. The fraction of sp³-hybridized carbons (Fsp3) is 0.100. The second-order valence-corrected chi connectivity index (χ2v) is 5.63. The molecule has 0 radical (unpaired) electrons. The van der Waals surface area contributed by atoms with Gasteiger partial charge in [-0.3, -0.25) is 9.78 Å². The zero-order chi connectivity index (χ0) is 18.7. The van der Waals surface area contributed by atoms with E-state index < -0.39 is 6.18 Å². The van der Waals surface area contributed by atoms with Gasteiger partial charge in [-0.15, -0.1) is 0 Å². The Morgan fingerprint density at radius 1 is 1.15 bits per heavy atom. The Hall–Kier alpha value is -3.33. The first kappa shape index (κ1) is 17.5. The van der Waals surface area contributed by atoms with Crippen molar-refractivity contribution in [2.75, 3.05) is 5.32 Å². The first-order valence-electron chi connectivity index (χ1n) is 7.68. The molecule has 1 aromatic heterocycles. The molecule has 0 atom stereocenters. The van der Waals surface area contributed by atoms with E-state index in [0.717, 1.165) is 10.8 Å². The lowest BCUT2D eigenvalue weighted by atomic mass is 10.0. The Bertz CT molecular complexity index is 1040. The highest BCUT2D eigenvalue weighted by atomic mass is 19.4. The summed E-state index contributed by atoms with van der Waals surface area (Å²) in [5, 5.41) is 4.56. The van der Waals surface area contributed by atoms with E-state index in [9.17, 15) is 18.0 Å². The number of anilines is 1. The van der Waals surface area contributed by atoms with E-state index in [-0.39, 0.29) is 11.5 Å². The van der Waals surface area contributed by atoms with Crippen LogP contribution in [0.25, 0.3) is 10.8 Å². The number of carbonyl (C=O) groups excluding carboxylic acids is 1. The van der Waals surface area contributed by atoms with E-state index in [1.807, 2.05) is 6.07 Å². The van der Waals surface area contributed by atoms with E-state index in [1.54, 1.807) is 37.5 Å². The van der Waals surface area contributed by atoms with Crippen molar-refractivity contribution in [3.63, 3.8) is 0 Å². The topological polar surface area (TPSA) is 42.0 Å². The van der Waals surface area contributed by atoms with Crippen LogP contribution in [0, 0.1) is 18.8 Å². The molecule has 0 aliphatic carbocycles. The second-order valence-electron chi connectivity index (χ2n) is 5.63. The van der Waals surface area contributed by atoms with Crippen molar-refractivity contribution >= 4 is 22.4 Å². The highest BCUT2D eigenvalue weighted by molar-refractivity contribution is 6.09. The molecule has 0 fully saturated rings. The van der Waals surface area contributed by atoms with Gasteiger partial charge in [0.05, 0.1) is 0 Å². The number of aromatic nitrogens is 1. The lowest BCUT2D eigenvalue weighted by Crippen LogP contribution is -2.12. The van der Waals surface area contributed by atoms with Gasteiger partial charge in [-0.05, 0) is 42.8 Å². The Balaban J connectivity index is 1.86. The van der Waals surface area contributed by atoms with Crippen LogP contribution in [0.5, 0.6) is 0 Å². The van der Waals surface area contributed by atoms with Gasteiger partial charge >= 0.3 is 6.18 Å². The molecular weight excluding hydrogens is 341 g/mol. The van der Waals surface area contributed by atoms with Gasteiger partial charge in [0.1, 0.15) is 0 Å². The number of aryl methyl sites for hydroxylation is 1. The molecule has 0 spiro atoms. The molecule has 130 valence electrons. The van der Waals surface area contributed by atoms with Gasteiger partial charge in [0.15, 0.2) is 0 Å². The molecule has 0 saturated heterocycles. The normalized spacial score (nSPS) is 10.9. The zero-order valence-electron chi connectivity index (χ0n) is 13.7. The first-order valence-corrected chi connectivity index (χ1v) is 7.68. The van der Waals surface area contributed by atoms with Crippen molar-refractivity contribution < 1.29 is 18.0 Å². The van der Waals surface area contributed by atoms with Gasteiger partial charge in [0.2, 0.25) is 0 Å². The number of fused-ring (bicyclic) bond motifs is 1. The smallest absolute Gasteiger partial charge is 0.321 e. The summed E-state index contributed by atoms with van der Waals surface area (Å²) in [6.07, 6.45) is -1.22. The van der Waals surface area contributed by atoms with Gasteiger partial charge in [0, 0.05) is 45.9 Å². The van der Waals surface area contributed by atoms with E-state index in [1.165, 1.54) is 24.1 Å². The van der Waals surface area contributed by atoms with Crippen LogP contribution < -0.4 is 5.32 Å². The van der Waals surface area contributed by atoms with Crippen LogP contribution in [-0.2, 0) is 0 Å². The van der Waals surface area contributed by atoms with Crippen LogP contribution in [0.15, 0.2) is 54.9 Å². The van der Waals surface area contributed by atoms with Crippen LogP contribution in [0.4, 0.5) is 18.9 Å². The van der Waals surface area contributed by atoms with Crippen LogP contribution in [0.3, 0.4) is 0 Å². The maximum absolute atomic E-state index is 12.5. The van der Waals surface area contributed by atoms with Crippen LogP contribution in [0.2, 0.25) is 0 Å². The third-order valence-electron chi connectivity index (χ3n) is 3.76. The van der Waals surface area contributed by atoms with Crippen molar-refractivity contribution in [2.24, 2.45) is 0 Å². The molecule has 0 aliphatic heterocycles. The maximum Gasteiger partial charge on any atom is 0.458 e. The number of hydrogen-bond acceptors (Lipinski definition) is 2. The molecule has 0 bridgehead atoms. The Morgan fingerprint density at radius 3 is 2.69 bits per heavy atom. The maximum atomic E-state index is 12.5. The van der Waals surface area contributed by atoms with E-state index in [0.29, 0.717) is 16.8 Å². The highest BCUT2D eigenvalue weighted by Crippen LogP contribution is 2.23. The summed E-state index contributed by atoms with van der Waals surface area (Å²) in [6, 6.07) is 11.6. The number of hydrogen-bond donors (Lipinski definition) is 1. The number of carbonyl (C=O) groups is 1. The predicted octanol–water partition coefficient (Wildman–Crippen LogP) is 4.71. The lowest BCUT2D eigenvalue weighted by Gasteiger charge is -2.09. The number of rotatable bonds is 2. The van der Waals surface area contributed by atoms with Crippen molar-refractivity contribution in [1.29, 1.82) is 0 Å². The first-order chi connectivity index (χ1) is 12.3. The quantitative estimate of drug-likeness (QED) is 0.677. The molecule has 2 aromatic carbocycles. The van der Waals surface area contributed by atoms with E-state index >= 15 is 0 Å². The molecule has 6 heteroatoms. The number of amides is 1. The molecule has 26 heavy (non-hydrogen) atoms. The predicted molar refractivity (Wildman–Crippen MR) is 93.8 cm³/mol. The lowest BCUT2D eigenvalue weighted by molar-refractivity contribution is -0.0696. The van der Waals surface area contributed by atoms with E-state index in [4.69, 9.17) is 0 Å². The van der Waals surface area contributed by atoms with Crippen molar-refractivity contribution in [3.8, 4) is 11.8 Å². The molecule has 0 unspecified atom stereocenters. The minimum Gasteiger partial charge on any atom is -0.321 e. The van der Waals surface area contributed by atoms with Gasteiger partial charge in [0.25, 0.3) is 5.91 Å². The van der Waals surface area contributed by atoms with Gasteiger partial charge in [-0.1, -0.05) is 18.1 Å². The van der Waals surface area contributed by atoms with Crippen LogP contribution >= 0.6 is 0 Å². The Labute approximate surface area is 147 Å². The molecule has 1 heterocycles. The molecule has 0 saturated carbocycles. The van der Waals surface area contributed by atoms with Gasteiger partial charge < -0.3 is 5.32 Å². The Kier molecular flexibility index (Phi) is 4.63. The average molecular weight is 354 g/mol. The summed E-state index contributed by atoms with van der Waals surface area (Å²) >= 11 is 0. The third-order valence-corrected chi connectivity index (χ3v) is 3.76. The van der Waals surface area contributed by atoms with E-state index in [2.05, 4.69) is 16.2 Å².